The van der Waals surface area contributed by atoms with Crippen LogP contribution in [0.4, 0.5) is 0 Å². The molecule has 2 aromatic rings. The summed E-state index contributed by atoms with van der Waals surface area (Å²) in [5.74, 6) is 5.82. The summed E-state index contributed by atoms with van der Waals surface area (Å²) in [6.45, 7) is 3.99. The van der Waals surface area contributed by atoms with Gasteiger partial charge in [0, 0.05) is 0 Å². The number of pyridine rings is 1. The van der Waals surface area contributed by atoms with Crippen LogP contribution in [0, 0.1) is 15.4 Å². The molecule has 0 amide bonds. The van der Waals surface area contributed by atoms with E-state index in [2.05, 4.69) is 28.9 Å². The van der Waals surface area contributed by atoms with Crippen LogP contribution < -0.4 is 21.2 Å². The van der Waals surface area contributed by atoms with Crippen molar-refractivity contribution in [1.29, 1.82) is 0 Å². The molecule has 2 aromatic heterocycles. The maximum absolute atomic E-state index is 5.19. The predicted octanol–water partition coefficient (Wildman–Crippen LogP) is -1.13. The molecule has 0 saturated heterocycles. The first-order valence-electron chi connectivity index (χ1n) is 4.62. The van der Waals surface area contributed by atoms with Crippen molar-refractivity contribution < 1.29 is 25.7 Å². The van der Waals surface area contributed by atoms with Gasteiger partial charge in [-0.3, -0.25) is 0 Å². The van der Waals surface area contributed by atoms with E-state index in [-0.39, 0.29) is 21.2 Å². The number of nitrogens with zero attached hydrogens (tertiary/aromatic N) is 2. The molecule has 2 rings (SSSR count). The van der Waals surface area contributed by atoms with Crippen LogP contribution in [0.25, 0.3) is 11.0 Å². The van der Waals surface area contributed by atoms with E-state index in [4.69, 9.17) is 4.52 Å². The number of hydrogen-bond acceptors (Lipinski definition) is 3. The van der Waals surface area contributed by atoms with E-state index >= 15 is 0 Å². The Labute approximate surface area is 98.5 Å². The number of hydrogen-bond donors (Lipinski definition) is 0. The molecule has 15 heavy (non-hydrogen) atoms. The van der Waals surface area contributed by atoms with E-state index in [0.717, 1.165) is 16.7 Å². The summed E-state index contributed by atoms with van der Waals surface area (Å²) < 4.78 is 7.65. The number of rotatable bonds is 2. The quantitative estimate of drug-likeness (QED) is 0.400. The Morgan fingerprint density at radius 3 is 3.07 bits per heavy atom. The molecule has 0 aliphatic heterocycles. The first-order chi connectivity index (χ1) is 7.36. The van der Waals surface area contributed by atoms with Crippen molar-refractivity contribution in [1.82, 2.24) is 10.1 Å². The Kier molecular flexibility index (Phi) is 3.21. The van der Waals surface area contributed by atoms with Crippen LogP contribution in [0.1, 0.15) is 19.5 Å². The van der Waals surface area contributed by atoms with Crippen molar-refractivity contribution in [3.05, 3.63) is 21.7 Å². The van der Waals surface area contributed by atoms with E-state index in [0.29, 0.717) is 0 Å². The number of fused-ring (bicyclic) bond motifs is 1. The Morgan fingerprint density at radius 2 is 2.33 bits per heavy atom. The van der Waals surface area contributed by atoms with E-state index in [1.807, 2.05) is 6.20 Å². The van der Waals surface area contributed by atoms with Crippen molar-refractivity contribution in [3.63, 3.8) is 0 Å². The fourth-order valence-electron chi connectivity index (χ4n) is 1.31. The molecule has 0 fully saturated rings. The van der Waals surface area contributed by atoms with Gasteiger partial charge in [-0.1, -0.05) is 0 Å². The minimum atomic E-state index is -0.00463. The second kappa shape index (κ2) is 4.62. The Hall–Kier alpha value is -1.09. The zero-order valence-electron chi connectivity index (χ0n) is 8.54. The molecule has 4 heteroatoms. The molecule has 0 spiro atoms. The third-order valence-electron chi connectivity index (χ3n) is 1.86. The van der Waals surface area contributed by atoms with E-state index in [9.17, 15) is 0 Å². The standard InChI is InChI=1S/C11H10IN2O/c1-3-5-9-11-8(12-4-2)6-13-7-10(11)15-14-9/h6-7H,4H2,1-2H3/q-1. The SMILES string of the molecule is CC#Cc1noc2cncc([I-]CC)c12. The third kappa shape index (κ3) is 1.97. The van der Waals surface area contributed by atoms with Crippen LogP contribution in [0.2, 0.25) is 0 Å². The number of halogens is 1. The van der Waals surface area contributed by atoms with Crippen molar-refractivity contribution in [2.24, 2.45) is 0 Å². The first kappa shape index (κ1) is 10.4. The van der Waals surface area contributed by atoms with Gasteiger partial charge in [0.15, 0.2) is 0 Å². The molecule has 0 aliphatic rings. The summed E-state index contributed by atoms with van der Waals surface area (Å²) >= 11 is -0.00463. The van der Waals surface area contributed by atoms with Gasteiger partial charge in [0.1, 0.15) is 0 Å². The van der Waals surface area contributed by atoms with Gasteiger partial charge in [-0.05, 0) is 0 Å². The van der Waals surface area contributed by atoms with Crippen molar-refractivity contribution in [2.45, 2.75) is 13.8 Å². The van der Waals surface area contributed by atoms with E-state index < -0.39 is 0 Å². The first-order valence-corrected chi connectivity index (χ1v) is 7.22. The van der Waals surface area contributed by atoms with E-state index in [1.165, 1.54) is 8.00 Å². The molecule has 0 bridgehead atoms. The Morgan fingerprint density at radius 1 is 1.47 bits per heavy atom. The molecule has 0 radical (unpaired) electrons. The van der Waals surface area contributed by atoms with Crippen LogP contribution >= 0.6 is 0 Å². The molecule has 2 heterocycles. The fourth-order valence-corrected chi connectivity index (χ4v) is 3.39. The van der Waals surface area contributed by atoms with Crippen LogP contribution in [0.5, 0.6) is 0 Å². The van der Waals surface area contributed by atoms with Gasteiger partial charge < -0.3 is 0 Å². The second-order valence-corrected chi connectivity index (χ2v) is 6.25. The van der Waals surface area contributed by atoms with Gasteiger partial charge in [-0.15, -0.1) is 0 Å². The normalized spacial score (nSPS) is 10.3. The Bertz CT molecular complexity index is 536. The minimum absolute atomic E-state index is 0.00463. The summed E-state index contributed by atoms with van der Waals surface area (Å²) in [5, 5.41) is 5.02. The van der Waals surface area contributed by atoms with Crippen LogP contribution in [-0.4, -0.2) is 14.6 Å². The monoisotopic (exact) mass is 313 g/mol. The fraction of sp³-hybridized carbons (Fsp3) is 0.273. The molecule has 0 unspecified atom stereocenters. The van der Waals surface area contributed by atoms with Crippen LogP contribution in [-0.2, 0) is 0 Å². The molecule has 0 N–H and O–H groups in total. The molecule has 0 atom stereocenters. The number of aromatic nitrogens is 2. The summed E-state index contributed by atoms with van der Waals surface area (Å²) in [4.78, 5) is 4.15. The predicted molar refractivity (Wildman–Crippen MR) is 53.6 cm³/mol. The maximum atomic E-state index is 5.19. The molecule has 0 saturated carbocycles. The van der Waals surface area contributed by atoms with Gasteiger partial charge in [0.2, 0.25) is 0 Å². The average Bonchev–Trinajstić information content (AvgIpc) is 2.64. The molecular formula is C11H10IN2O-. The molecule has 78 valence electrons. The summed E-state index contributed by atoms with van der Waals surface area (Å²) in [7, 11) is 0. The molecule has 0 aromatic carbocycles. The van der Waals surface area contributed by atoms with Crippen LogP contribution in [0.15, 0.2) is 16.9 Å². The molecular weight excluding hydrogens is 303 g/mol. The second-order valence-electron chi connectivity index (χ2n) is 2.80. The van der Waals surface area contributed by atoms with Gasteiger partial charge in [-0.2, -0.15) is 0 Å². The number of alkyl halides is 1. The van der Waals surface area contributed by atoms with Crippen molar-refractivity contribution >= 4 is 11.0 Å². The zero-order chi connectivity index (χ0) is 10.7. The topological polar surface area (TPSA) is 38.9 Å². The molecule has 0 aliphatic carbocycles. The van der Waals surface area contributed by atoms with Crippen LogP contribution in [0.3, 0.4) is 0 Å². The van der Waals surface area contributed by atoms with Gasteiger partial charge in [-0.25, -0.2) is 0 Å². The van der Waals surface area contributed by atoms with Gasteiger partial charge in [0.05, 0.1) is 0 Å². The van der Waals surface area contributed by atoms with Crippen molar-refractivity contribution in [2.75, 3.05) is 4.43 Å². The van der Waals surface area contributed by atoms with Crippen molar-refractivity contribution in [3.8, 4) is 11.8 Å². The molecule has 3 nitrogen and oxygen atoms in total. The third-order valence-corrected chi connectivity index (χ3v) is 4.26. The zero-order valence-corrected chi connectivity index (χ0v) is 10.7. The summed E-state index contributed by atoms with van der Waals surface area (Å²) in [5.41, 5.74) is 1.50. The van der Waals surface area contributed by atoms with Gasteiger partial charge in [0.25, 0.3) is 0 Å². The van der Waals surface area contributed by atoms with Gasteiger partial charge >= 0.3 is 98.6 Å². The average molecular weight is 313 g/mol. The summed E-state index contributed by atoms with van der Waals surface area (Å²) in [6, 6.07) is 0. The summed E-state index contributed by atoms with van der Waals surface area (Å²) in [6.07, 6.45) is 3.61. The van der Waals surface area contributed by atoms with E-state index in [1.54, 1.807) is 13.1 Å². The Balaban J connectivity index is 2.67.